The minimum absolute atomic E-state index is 0.425. The lowest BCUT2D eigenvalue weighted by molar-refractivity contribution is 0.138. The molecule has 1 aromatic carbocycles. The number of nitrogens with zero attached hydrogens (tertiary/aromatic N) is 1. The molecule has 0 aliphatic carbocycles. The Hall–Kier alpha value is -1.06. The average Bonchev–Trinajstić information content (AvgIpc) is 2.36. The number of phenolic OH excluding ortho intramolecular Hbond substituents is 1. The summed E-state index contributed by atoms with van der Waals surface area (Å²) < 4.78 is 0. The number of rotatable bonds is 4. The lowest BCUT2D eigenvalue weighted by Gasteiger charge is -2.35. The van der Waals surface area contributed by atoms with E-state index in [2.05, 4.69) is 23.2 Å². The van der Waals surface area contributed by atoms with Gasteiger partial charge >= 0.3 is 0 Å². The maximum atomic E-state index is 9.94. The van der Waals surface area contributed by atoms with Gasteiger partial charge in [0.1, 0.15) is 5.75 Å². The number of piperidine rings is 1. The van der Waals surface area contributed by atoms with E-state index in [1.807, 2.05) is 19.2 Å². The average molecular weight is 248 g/mol. The highest BCUT2D eigenvalue weighted by molar-refractivity contribution is 5.35. The van der Waals surface area contributed by atoms with Crippen LogP contribution in [0.2, 0.25) is 0 Å². The van der Waals surface area contributed by atoms with Crippen molar-refractivity contribution in [3.63, 3.8) is 0 Å². The van der Waals surface area contributed by atoms with Crippen LogP contribution in [0, 0.1) is 6.92 Å². The van der Waals surface area contributed by atoms with E-state index in [4.69, 9.17) is 0 Å². The molecule has 0 radical (unpaired) electrons. The summed E-state index contributed by atoms with van der Waals surface area (Å²) in [6.45, 7) is 5.11. The topological polar surface area (TPSA) is 35.5 Å². The number of nitrogens with one attached hydrogen (secondary N) is 1. The molecule has 0 saturated carbocycles. The molecule has 1 aliphatic heterocycles. The molecule has 0 aromatic heterocycles. The Labute approximate surface area is 110 Å². The SMILES string of the molecule is CNCC1CCCCN1Cc1cc(C)ccc1O. The zero-order valence-electron chi connectivity index (χ0n) is 11.4. The van der Waals surface area contributed by atoms with Crippen LogP contribution in [0.25, 0.3) is 0 Å². The van der Waals surface area contributed by atoms with E-state index in [1.165, 1.54) is 24.8 Å². The molecule has 100 valence electrons. The second-order valence-electron chi connectivity index (χ2n) is 5.31. The van der Waals surface area contributed by atoms with Crippen LogP contribution in [0.5, 0.6) is 5.75 Å². The lowest BCUT2D eigenvalue weighted by Crippen LogP contribution is -2.44. The highest BCUT2D eigenvalue weighted by Gasteiger charge is 2.22. The van der Waals surface area contributed by atoms with Crippen molar-refractivity contribution < 1.29 is 5.11 Å². The van der Waals surface area contributed by atoms with E-state index in [9.17, 15) is 5.11 Å². The van der Waals surface area contributed by atoms with Crippen LogP contribution in [-0.2, 0) is 6.54 Å². The summed E-state index contributed by atoms with van der Waals surface area (Å²) in [4.78, 5) is 2.49. The van der Waals surface area contributed by atoms with Gasteiger partial charge in [-0.05, 0) is 39.4 Å². The summed E-state index contributed by atoms with van der Waals surface area (Å²) in [5.74, 6) is 0.425. The third kappa shape index (κ3) is 3.24. The van der Waals surface area contributed by atoms with Gasteiger partial charge in [0.15, 0.2) is 0 Å². The first-order valence-corrected chi connectivity index (χ1v) is 6.88. The molecule has 1 unspecified atom stereocenters. The highest BCUT2D eigenvalue weighted by atomic mass is 16.3. The van der Waals surface area contributed by atoms with Crippen LogP contribution in [0.3, 0.4) is 0 Å². The summed E-state index contributed by atoms with van der Waals surface area (Å²) in [6.07, 6.45) is 3.85. The molecule has 3 nitrogen and oxygen atoms in total. The lowest BCUT2D eigenvalue weighted by atomic mass is 10.0. The molecule has 0 bridgehead atoms. The molecule has 18 heavy (non-hydrogen) atoms. The quantitative estimate of drug-likeness (QED) is 0.858. The Morgan fingerprint density at radius 3 is 3.00 bits per heavy atom. The minimum Gasteiger partial charge on any atom is -0.508 e. The smallest absolute Gasteiger partial charge is 0.120 e. The zero-order valence-corrected chi connectivity index (χ0v) is 11.4. The van der Waals surface area contributed by atoms with E-state index in [1.54, 1.807) is 0 Å². The highest BCUT2D eigenvalue weighted by Crippen LogP contribution is 2.24. The molecule has 1 fully saturated rings. The molecule has 2 rings (SSSR count). The fourth-order valence-electron chi connectivity index (χ4n) is 2.79. The first-order valence-electron chi connectivity index (χ1n) is 6.88. The molecule has 1 atom stereocenters. The fraction of sp³-hybridized carbons (Fsp3) is 0.600. The number of aryl methyl sites for hydroxylation is 1. The molecule has 1 saturated heterocycles. The van der Waals surface area contributed by atoms with Gasteiger partial charge in [-0.25, -0.2) is 0 Å². The van der Waals surface area contributed by atoms with Crippen molar-refractivity contribution in [2.75, 3.05) is 20.1 Å². The van der Waals surface area contributed by atoms with Crippen molar-refractivity contribution in [3.05, 3.63) is 29.3 Å². The Bertz CT molecular complexity index is 390. The van der Waals surface area contributed by atoms with Crippen molar-refractivity contribution in [2.45, 2.75) is 38.8 Å². The number of phenols is 1. The molecule has 0 amide bonds. The van der Waals surface area contributed by atoms with Gasteiger partial charge in [0.05, 0.1) is 0 Å². The third-order valence-electron chi connectivity index (χ3n) is 3.80. The molecule has 0 spiro atoms. The molecule has 1 aromatic rings. The maximum absolute atomic E-state index is 9.94. The molecule has 1 heterocycles. The Balaban J connectivity index is 2.08. The maximum Gasteiger partial charge on any atom is 0.120 e. The van der Waals surface area contributed by atoms with Crippen molar-refractivity contribution in [1.82, 2.24) is 10.2 Å². The van der Waals surface area contributed by atoms with Crippen LogP contribution in [-0.4, -0.2) is 36.2 Å². The van der Waals surface area contributed by atoms with Crippen LogP contribution in [0.4, 0.5) is 0 Å². The number of likely N-dealkylation sites (tertiary alicyclic amines) is 1. The number of benzene rings is 1. The zero-order chi connectivity index (χ0) is 13.0. The summed E-state index contributed by atoms with van der Waals surface area (Å²) >= 11 is 0. The summed E-state index contributed by atoms with van der Waals surface area (Å²) in [6, 6.07) is 6.46. The Morgan fingerprint density at radius 2 is 2.22 bits per heavy atom. The van der Waals surface area contributed by atoms with Gasteiger partial charge in [-0.2, -0.15) is 0 Å². The van der Waals surface area contributed by atoms with Crippen molar-refractivity contribution in [2.24, 2.45) is 0 Å². The summed E-state index contributed by atoms with van der Waals surface area (Å²) in [5, 5.41) is 13.2. The second kappa shape index (κ2) is 6.21. The van der Waals surface area contributed by atoms with E-state index in [-0.39, 0.29) is 0 Å². The molecule has 1 aliphatic rings. The molecular weight excluding hydrogens is 224 g/mol. The van der Waals surface area contributed by atoms with E-state index in [0.29, 0.717) is 11.8 Å². The predicted molar refractivity (Wildman–Crippen MR) is 74.8 cm³/mol. The number of hydrogen-bond acceptors (Lipinski definition) is 3. The van der Waals surface area contributed by atoms with E-state index in [0.717, 1.165) is 25.2 Å². The molecule has 2 N–H and O–H groups in total. The monoisotopic (exact) mass is 248 g/mol. The van der Waals surface area contributed by atoms with Crippen molar-refractivity contribution >= 4 is 0 Å². The van der Waals surface area contributed by atoms with E-state index < -0.39 is 0 Å². The van der Waals surface area contributed by atoms with Crippen LogP contribution < -0.4 is 5.32 Å². The fourth-order valence-corrected chi connectivity index (χ4v) is 2.79. The van der Waals surface area contributed by atoms with Crippen LogP contribution in [0.15, 0.2) is 18.2 Å². The van der Waals surface area contributed by atoms with Gasteiger partial charge in [0, 0.05) is 24.7 Å². The number of aromatic hydroxyl groups is 1. The predicted octanol–water partition coefficient (Wildman–Crippen LogP) is 2.27. The number of likely N-dealkylation sites (N-methyl/N-ethyl adjacent to an activating group) is 1. The van der Waals surface area contributed by atoms with Gasteiger partial charge in [0.25, 0.3) is 0 Å². The first kappa shape index (κ1) is 13.4. The Kier molecular flexibility index (Phi) is 4.61. The van der Waals surface area contributed by atoms with Gasteiger partial charge in [-0.3, -0.25) is 4.90 Å². The third-order valence-corrected chi connectivity index (χ3v) is 3.80. The van der Waals surface area contributed by atoms with Gasteiger partial charge in [-0.1, -0.05) is 24.1 Å². The van der Waals surface area contributed by atoms with Crippen LogP contribution in [0.1, 0.15) is 30.4 Å². The molecular formula is C15H24N2O. The van der Waals surface area contributed by atoms with Crippen molar-refractivity contribution in [1.29, 1.82) is 0 Å². The van der Waals surface area contributed by atoms with Crippen molar-refractivity contribution in [3.8, 4) is 5.75 Å². The first-order chi connectivity index (χ1) is 8.70. The number of hydrogen-bond donors (Lipinski definition) is 2. The Morgan fingerprint density at radius 1 is 1.39 bits per heavy atom. The molecule has 3 heteroatoms. The van der Waals surface area contributed by atoms with E-state index >= 15 is 0 Å². The largest absolute Gasteiger partial charge is 0.508 e. The summed E-state index contributed by atoms with van der Waals surface area (Å²) in [7, 11) is 2.01. The standard InChI is InChI=1S/C15H24N2O/c1-12-6-7-15(18)13(9-12)11-17-8-4-3-5-14(17)10-16-2/h6-7,9,14,16,18H,3-5,8,10-11H2,1-2H3. The van der Waals surface area contributed by atoms with Crippen LogP contribution >= 0.6 is 0 Å². The normalized spacial score (nSPS) is 21.1. The summed E-state index contributed by atoms with van der Waals surface area (Å²) in [5.41, 5.74) is 2.27. The van der Waals surface area contributed by atoms with Gasteiger partial charge in [-0.15, -0.1) is 0 Å². The second-order valence-corrected chi connectivity index (χ2v) is 5.31. The minimum atomic E-state index is 0.425. The van der Waals surface area contributed by atoms with Gasteiger partial charge in [0.2, 0.25) is 0 Å². The van der Waals surface area contributed by atoms with Gasteiger partial charge < -0.3 is 10.4 Å².